The molecule has 25 heavy (non-hydrogen) atoms. The van der Waals surface area contributed by atoms with Crippen LogP contribution in [-0.4, -0.2) is 36.6 Å². The molecule has 4 heterocycles. The minimum Gasteiger partial charge on any atom is -0.458 e. The fourth-order valence-corrected chi connectivity index (χ4v) is 2.90. The van der Waals surface area contributed by atoms with Crippen LogP contribution < -0.4 is 0 Å². The van der Waals surface area contributed by atoms with Crippen molar-refractivity contribution in [2.75, 3.05) is 26.4 Å². The van der Waals surface area contributed by atoms with Crippen LogP contribution in [0.1, 0.15) is 35.6 Å². The summed E-state index contributed by atoms with van der Waals surface area (Å²) in [5, 5.41) is 18.1. The monoisotopic (exact) mass is 352 g/mol. The Labute approximate surface area is 143 Å². The Morgan fingerprint density at radius 1 is 0.720 bits per heavy atom. The van der Waals surface area contributed by atoms with E-state index in [0.717, 1.165) is 0 Å². The molecule has 8 heteroatoms. The van der Waals surface area contributed by atoms with E-state index in [2.05, 4.69) is 0 Å². The molecular weight excluding hydrogens is 332 g/mol. The fraction of sp³-hybridized carbons (Fsp3) is 0.529. The summed E-state index contributed by atoms with van der Waals surface area (Å²) >= 11 is 0. The number of hydrogen-bond donors (Lipinski definition) is 2. The lowest BCUT2D eigenvalue weighted by atomic mass is 9.90. The van der Waals surface area contributed by atoms with Crippen LogP contribution >= 0.6 is 0 Å². The van der Waals surface area contributed by atoms with E-state index in [-0.39, 0.29) is 18.6 Å². The molecule has 2 aliphatic heterocycles. The van der Waals surface area contributed by atoms with Crippen LogP contribution in [0.25, 0.3) is 0 Å². The molecule has 0 aromatic carbocycles. The van der Waals surface area contributed by atoms with Crippen molar-refractivity contribution < 1.29 is 38.0 Å². The molecule has 2 aliphatic rings. The van der Waals surface area contributed by atoms with Gasteiger partial charge in [0.15, 0.2) is 11.5 Å². The lowest BCUT2D eigenvalue weighted by Gasteiger charge is -2.42. The first-order valence-corrected chi connectivity index (χ1v) is 8.07. The summed E-state index contributed by atoms with van der Waals surface area (Å²) in [5.74, 6) is 1.99. The minimum atomic E-state index is -0.596. The average molecular weight is 352 g/mol. The van der Waals surface area contributed by atoms with Crippen molar-refractivity contribution in [3.63, 3.8) is 0 Å². The Kier molecular flexibility index (Phi) is 4.63. The largest absolute Gasteiger partial charge is 0.458 e. The lowest BCUT2D eigenvalue weighted by molar-refractivity contribution is -0.312. The normalized spacial score (nSPS) is 30.0. The first kappa shape index (κ1) is 16.8. The molecule has 0 saturated carbocycles. The molecule has 136 valence electrons. The second-order valence-corrected chi connectivity index (χ2v) is 6.33. The molecule has 2 saturated heterocycles. The maximum absolute atomic E-state index is 9.05. The molecule has 0 aliphatic carbocycles. The van der Waals surface area contributed by atoms with Gasteiger partial charge >= 0.3 is 0 Å². The molecule has 2 aromatic heterocycles. The Hall–Kier alpha value is -1.68. The minimum absolute atomic E-state index is 0.162. The van der Waals surface area contributed by atoms with E-state index >= 15 is 0 Å². The standard InChI is InChI=1S/C17H20O8/c18-5-11-1-3-13(24-11)15-20-7-17(8-21-15)9-22-16(23-10-17)14-4-2-12(6-19)25-14/h1-4,15-16,18-19H,5-10H2. The van der Waals surface area contributed by atoms with Crippen LogP contribution in [0.5, 0.6) is 0 Å². The zero-order valence-corrected chi connectivity index (χ0v) is 13.6. The summed E-state index contributed by atoms with van der Waals surface area (Å²) in [5.41, 5.74) is -0.383. The Bertz CT molecular complexity index is 625. The highest BCUT2D eigenvalue weighted by atomic mass is 16.7. The topological polar surface area (TPSA) is 104 Å². The molecule has 1 spiro atoms. The number of ether oxygens (including phenoxy) is 4. The molecule has 4 rings (SSSR count). The highest BCUT2D eigenvalue weighted by Gasteiger charge is 2.43. The molecule has 0 amide bonds. The summed E-state index contributed by atoms with van der Waals surface area (Å²) in [7, 11) is 0. The van der Waals surface area contributed by atoms with Gasteiger partial charge in [-0.1, -0.05) is 0 Å². The lowest BCUT2D eigenvalue weighted by Crippen LogP contribution is -2.49. The van der Waals surface area contributed by atoms with E-state index in [1.54, 1.807) is 24.3 Å². The van der Waals surface area contributed by atoms with Crippen LogP contribution in [0, 0.1) is 5.41 Å². The van der Waals surface area contributed by atoms with Crippen LogP contribution in [0.2, 0.25) is 0 Å². The molecule has 0 unspecified atom stereocenters. The van der Waals surface area contributed by atoms with Gasteiger partial charge in [-0.3, -0.25) is 0 Å². The second kappa shape index (κ2) is 6.91. The summed E-state index contributed by atoms with van der Waals surface area (Å²) in [6.07, 6.45) is -1.19. The second-order valence-electron chi connectivity index (χ2n) is 6.33. The van der Waals surface area contributed by atoms with Gasteiger partial charge < -0.3 is 38.0 Å². The highest BCUT2D eigenvalue weighted by Crippen LogP contribution is 2.38. The molecule has 0 atom stereocenters. The zero-order chi connectivity index (χ0) is 17.3. The summed E-state index contributed by atoms with van der Waals surface area (Å²) in [6, 6.07) is 6.84. The first-order valence-electron chi connectivity index (χ1n) is 8.07. The summed E-state index contributed by atoms with van der Waals surface area (Å²) < 4.78 is 33.9. The number of rotatable bonds is 4. The smallest absolute Gasteiger partial charge is 0.217 e. The number of furan rings is 2. The van der Waals surface area contributed by atoms with Gasteiger partial charge in [-0.05, 0) is 24.3 Å². The maximum atomic E-state index is 9.05. The highest BCUT2D eigenvalue weighted by molar-refractivity contribution is 5.09. The predicted molar refractivity (Wildman–Crippen MR) is 81.0 cm³/mol. The first-order chi connectivity index (χ1) is 12.2. The third-order valence-corrected chi connectivity index (χ3v) is 4.30. The molecule has 2 fully saturated rings. The number of aliphatic hydroxyl groups excluding tert-OH is 2. The van der Waals surface area contributed by atoms with Crippen LogP contribution in [0.4, 0.5) is 0 Å². The third kappa shape index (κ3) is 3.37. The van der Waals surface area contributed by atoms with Crippen molar-refractivity contribution in [2.45, 2.75) is 25.8 Å². The van der Waals surface area contributed by atoms with E-state index in [1.165, 1.54) is 0 Å². The average Bonchev–Trinajstić information content (AvgIpc) is 3.32. The Balaban J connectivity index is 1.33. The Morgan fingerprint density at radius 2 is 1.12 bits per heavy atom. The third-order valence-electron chi connectivity index (χ3n) is 4.30. The molecule has 2 N–H and O–H groups in total. The van der Waals surface area contributed by atoms with Crippen LogP contribution in [0.3, 0.4) is 0 Å². The Morgan fingerprint density at radius 3 is 1.44 bits per heavy atom. The number of hydrogen-bond acceptors (Lipinski definition) is 8. The SMILES string of the molecule is OCc1ccc(C2OCC3(CO2)COC(c2ccc(CO)o2)OC3)o1. The van der Waals surface area contributed by atoms with Crippen molar-refractivity contribution in [1.29, 1.82) is 0 Å². The van der Waals surface area contributed by atoms with Crippen molar-refractivity contribution in [1.82, 2.24) is 0 Å². The predicted octanol–water partition coefficient (Wildman–Crippen LogP) is 1.63. The van der Waals surface area contributed by atoms with E-state index in [1.807, 2.05) is 0 Å². The van der Waals surface area contributed by atoms with Gasteiger partial charge in [0.25, 0.3) is 0 Å². The van der Waals surface area contributed by atoms with Crippen molar-refractivity contribution >= 4 is 0 Å². The van der Waals surface area contributed by atoms with Crippen molar-refractivity contribution in [2.24, 2.45) is 5.41 Å². The summed E-state index contributed by atoms with van der Waals surface area (Å²) in [4.78, 5) is 0. The van der Waals surface area contributed by atoms with Crippen LogP contribution in [0.15, 0.2) is 33.1 Å². The molecule has 2 aromatic rings. The van der Waals surface area contributed by atoms with Gasteiger partial charge in [0.2, 0.25) is 12.6 Å². The van der Waals surface area contributed by atoms with Crippen molar-refractivity contribution in [3.05, 3.63) is 47.3 Å². The van der Waals surface area contributed by atoms with Gasteiger partial charge in [0.1, 0.15) is 24.7 Å². The van der Waals surface area contributed by atoms with Gasteiger partial charge in [-0.25, -0.2) is 0 Å². The van der Waals surface area contributed by atoms with E-state index in [9.17, 15) is 0 Å². The van der Waals surface area contributed by atoms with Gasteiger partial charge in [0, 0.05) is 0 Å². The molecule has 0 bridgehead atoms. The molecule has 0 radical (unpaired) electrons. The van der Waals surface area contributed by atoms with Crippen molar-refractivity contribution in [3.8, 4) is 0 Å². The molecular formula is C17H20O8. The van der Waals surface area contributed by atoms with E-state index < -0.39 is 12.6 Å². The van der Waals surface area contributed by atoms with E-state index in [4.69, 9.17) is 38.0 Å². The zero-order valence-electron chi connectivity index (χ0n) is 13.6. The van der Waals surface area contributed by atoms with E-state index in [0.29, 0.717) is 49.5 Å². The fourth-order valence-electron chi connectivity index (χ4n) is 2.90. The van der Waals surface area contributed by atoms with Crippen LogP contribution in [-0.2, 0) is 32.2 Å². The van der Waals surface area contributed by atoms with Gasteiger partial charge in [-0.2, -0.15) is 0 Å². The molecule has 8 nitrogen and oxygen atoms in total. The number of aliphatic hydroxyl groups is 2. The maximum Gasteiger partial charge on any atom is 0.217 e. The quantitative estimate of drug-likeness (QED) is 0.856. The van der Waals surface area contributed by atoms with Gasteiger partial charge in [0.05, 0.1) is 31.8 Å². The summed E-state index contributed by atoms with van der Waals surface area (Å²) in [6.45, 7) is 1.29. The van der Waals surface area contributed by atoms with Gasteiger partial charge in [-0.15, -0.1) is 0 Å².